The van der Waals surface area contributed by atoms with Crippen LogP contribution in [0, 0.1) is 20.8 Å². The van der Waals surface area contributed by atoms with Gasteiger partial charge in [-0.1, -0.05) is 48.5 Å². The van der Waals surface area contributed by atoms with Gasteiger partial charge in [-0.2, -0.15) is 0 Å². The molecular formula is C33H32N6OS. The molecule has 0 aliphatic carbocycles. The average molecular weight is 561 g/mol. The molecule has 41 heavy (non-hydrogen) atoms. The molecule has 2 aromatic carbocycles. The number of anilines is 1. The van der Waals surface area contributed by atoms with Gasteiger partial charge in [0.15, 0.2) is 5.11 Å². The number of fused-ring (bicyclic) bond motifs is 1. The van der Waals surface area contributed by atoms with Crippen LogP contribution in [0.2, 0.25) is 0 Å². The normalized spacial score (nSPS) is 16.7. The van der Waals surface area contributed by atoms with Crippen LogP contribution >= 0.6 is 12.2 Å². The minimum Gasteiger partial charge on any atom is -0.352 e. The molecule has 6 rings (SSSR count). The lowest BCUT2D eigenvalue weighted by molar-refractivity contribution is -0.116. The molecule has 1 aliphatic rings. The first-order valence-electron chi connectivity index (χ1n) is 13.8. The fourth-order valence-electron chi connectivity index (χ4n) is 5.88. The van der Waals surface area contributed by atoms with Gasteiger partial charge in [0.25, 0.3) is 0 Å². The summed E-state index contributed by atoms with van der Waals surface area (Å²) in [5, 5.41) is 9.35. The van der Waals surface area contributed by atoms with Crippen LogP contribution in [0.1, 0.15) is 46.7 Å². The summed E-state index contributed by atoms with van der Waals surface area (Å²) < 4.78 is 2.20. The van der Waals surface area contributed by atoms with Gasteiger partial charge in [-0.3, -0.25) is 9.78 Å². The minimum absolute atomic E-state index is 0.0567. The number of aromatic nitrogens is 3. The van der Waals surface area contributed by atoms with Crippen LogP contribution in [0.4, 0.5) is 5.69 Å². The zero-order valence-corrected chi connectivity index (χ0v) is 24.2. The third-order valence-corrected chi connectivity index (χ3v) is 8.18. The lowest BCUT2D eigenvalue weighted by Gasteiger charge is -2.28. The number of thiocarbonyl (C=S) groups is 1. The maximum Gasteiger partial charge on any atom is 0.226 e. The minimum atomic E-state index is -0.163. The highest BCUT2D eigenvalue weighted by atomic mass is 32.1. The van der Waals surface area contributed by atoms with Crippen LogP contribution in [0.15, 0.2) is 91.3 Å². The summed E-state index contributed by atoms with van der Waals surface area (Å²) >= 11 is 5.87. The van der Waals surface area contributed by atoms with Crippen molar-refractivity contribution < 1.29 is 4.79 Å². The number of carbonyl (C=O) groups is 1. The van der Waals surface area contributed by atoms with Crippen molar-refractivity contribution >= 4 is 39.7 Å². The molecule has 3 aromatic heterocycles. The monoisotopic (exact) mass is 560 g/mol. The van der Waals surface area contributed by atoms with Crippen molar-refractivity contribution in [2.45, 2.75) is 39.3 Å². The maximum atomic E-state index is 13.2. The number of hydrogen-bond donors (Lipinski definition) is 2. The van der Waals surface area contributed by atoms with E-state index < -0.39 is 0 Å². The molecule has 7 nitrogen and oxygen atoms in total. The molecule has 0 radical (unpaired) electrons. The molecule has 0 spiro atoms. The van der Waals surface area contributed by atoms with Gasteiger partial charge in [0.2, 0.25) is 5.91 Å². The summed E-state index contributed by atoms with van der Waals surface area (Å²) in [5.74, 6) is 0.858. The van der Waals surface area contributed by atoms with Gasteiger partial charge in [0, 0.05) is 47.8 Å². The smallest absolute Gasteiger partial charge is 0.226 e. The number of carbonyl (C=O) groups excluding carboxylic acids is 1. The first-order valence-corrected chi connectivity index (χ1v) is 14.2. The number of nitrogens with zero attached hydrogens (tertiary/aromatic N) is 4. The van der Waals surface area contributed by atoms with Gasteiger partial charge >= 0.3 is 0 Å². The first kappa shape index (κ1) is 26.7. The van der Waals surface area contributed by atoms with E-state index in [9.17, 15) is 4.79 Å². The van der Waals surface area contributed by atoms with Gasteiger partial charge in [0.1, 0.15) is 5.82 Å². The SMILES string of the molecule is Cc1cccnc1-n1c(C)cc(C2C(c3ccccn3)NC(=S)N2CCC(=O)Nc2cccc3ccccc23)c1C. The summed E-state index contributed by atoms with van der Waals surface area (Å²) in [6.07, 6.45) is 3.91. The van der Waals surface area contributed by atoms with Gasteiger partial charge in [0.05, 0.1) is 17.8 Å². The topological polar surface area (TPSA) is 75.1 Å². The van der Waals surface area contributed by atoms with Crippen molar-refractivity contribution in [2.24, 2.45) is 0 Å². The third-order valence-electron chi connectivity index (χ3n) is 7.82. The van der Waals surface area contributed by atoms with Crippen LogP contribution < -0.4 is 10.6 Å². The molecule has 8 heteroatoms. The molecule has 1 amide bonds. The Morgan fingerprint density at radius 1 is 0.951 bits per heavy atom. The van der Waals surface area contributed by atoms with Gasteiger partial charge in [-0.25, -0.2) is 4.98 Å². The third kappa shape index (κ3) is 5.07. The number of benzene rings is 2. The number of hydrogen-bond acceptors (Lipinski definition) is 4. The quantitative estimate of drug-likeness (QED) is 0.226. The summed E-state index contributed by atoms with van der Waals surface area (Å²) in [4.78, 5) is 24.7. The molecule has 1 saturated heterocycles. The van der Waals surface area contributed by atoms with E-state index in [1.807, 2.05) is 72.9 Å². The van der Waals surface area contributed by atoms with E-state index in [1.54, 1.807) is 6.20 Å². The van der Waals surface area contributed by atoms with Gasteiger partial charge in [-0.15, -0.1) is 0 Å². The fourth-order valence-corrected chi connectivity index (χ4v) is 6.21. The van der Waals surface area contributed by atoms with Gasteiger partial charge < -0.3 is 20.1 Å². The number of aryl methyl sites for hydroxylation is 2. The van der Waals surface area contributed by atoms with E-state index in [2.05, 4.69) is 63.0 Å². The maximum absolute atomic E-state index is 13.2. The van der Waals surface area contributed by atoms with Crippen LogP contribution in [-0.2, 0) is 4.79 Å². The fraction of sp³-hybridized carbons (Fsp3) is 0.212. The Kier molecular flexibility index (Phi) is 7.24. The molecule has 4 heterocycles. The van der Waals surface area contributed by atoms with Crippen molar-refractivity contribution in [2.75, 3.05) is 11.9 Å². The molecule has 2 N–H and O–H groups in total. The molecule has 2 unspecified atom stereocenters. The summed E-state index contributed by atoms with van der Waals surface area (Å²) in [6, 6.07) is 25.9. The Balaban J connectivity index is 1.32. The van der Waals surface area contributed by atoms with Crippen molar-refractivity contribution in [3.63, 3.8) is 0 Å². The Labute approximate surface area is 245 Å². The number of rotatable bonds is 7. The van der Waals surface area contributed by atoms with Crippen molar-refractivity contribution in [1.29, 1.82) is 0 Å². The molecule has 1 fully saturated rings. The predicted molar refractivity (Wildman–Crippen MR) is 167 cm³/mol. The van der Waals surface area contributed by atoms with Crippen molar-refractivity contribution in [3.05, 3.63) is 119 Å². The second-order valence-corrected chi connectivity index (χ2v) is 10.8. The molecule has 5 aromatic rings. The highest BCUT2D eigenvalue weighted by Gasteiger charge is 2.41. The van der Waals surface area contributed by atoms with E-state index in [1.165, 1.54) is 0 Å². The lowest BCUT2D eigenvalue weighted by atomic mass is 9.96. The molecule has 1 aliphatic heterocycles. The zero-order chi connectivity index (χ0) is 28.5. The number of nitrogens with one attached hydrogen (secondary N) is 2. The summed E-state index contributed by atoms with van der Waals surface area (Å²) in [7, 11) is 0. The van der Waals surface area contributed by atoms with Crippen LogP contribution in [0.25, 0.3) is 16.6 Å². The second kappa shape index (κ2) is 11.1. The van der Waals surface area contributed by atoms with E-state index in [-0.39, 0.29) is 24.4 Å². The number of amides is 1. The molecule has 2 atom stereocenters. The Hall–Kier alpha value is -4.56. The number of pyridine rings is 2. The van der Waals surface area contributed by atoms with E-state index in [0.29, 0.717) is 11.7 Å². The molecule has 0 saturated carbocycles. The predicted octanol–water partition coefficient (Wildman–Crippen LogP) is 6.35. The molecule has 206 valence electrons. The largest absolute Gasteiger partial charge is 0.352 e. The Bertz CT molecular complexity index is 1740. The highest BCUT2D eigenvalue weighted by molar-refractivity contribution is 7.80. The van der Waals surface area contributed by atoms with Crippen molar-refractivity contribution in [3.8, 4) is 5.82 Å². The highest BCUT2D eigenvalue weighted by Crippen LogP contribution is 2.41. The van der Waals surface area contributed by atoms with E-state index in [4.69, 9.17) is 12.2 Å². The Morgan fingerprint density at radius 3 is 2.54 bits per heavy atom. The second-order valence-electron chi connectivity index (χ2n) is 10.5. The van der Waals surface area contributed by atoms with Crippen LogP contribution in [0.3, 0.4) is 0 Å². The van der Waals surface area contributed by atoms with Crippen LogP contribution in [0.5, 0.6) is 0 Å². The first-order chi connectivity index (χ1) is 19.9. The molecular weight excluding hydrogens is 528 g/mol. The van der Waals surface area contributed by atoms with Gasteiger partial charge in [-0.05, 0) is 79.8 Å². The van der Waals surface area contributed by atoms with E-state index >= 15 is 0 Å². The summed E-state index contributed by atoms with van der Waals surface area (Å²) in [5.41, 5.74) is 6.13. The summed E-state index contributed by atoms with van der Waals surface area (Å²) in [6.45, 7) is 6.76. The average Bonchev–Trinajstić information content (AvgIpc) is 3.47. The standard InChI is InChI=1S/C33H32N6OS/c1-21-10-9-18-35-32(21)39-22(2)20-26(23(39)3)31-30(28-14-6-7-17-34-28)37-33(41)38(31)19-16-29(40)36-27-15-8-12-24-11-4-5-13-25(24)27/h4-15,17-18,20,30-31H,16,19H2,1-3H3,(H,36,40)(H,37,41). The lowest BCUT2D eigenvalue weighted by Crippen LogP contribution is -2.33. The van der Waals surface area contributed by atoms with E-state index in [0.717, 1.165) is 50.5 Å². The zero-order valence-electron chi connectivity index (χ0n) is 23.3. The van der Waals surface area contributed by atoms with Crippen LogP contribution in [-0.4, -0.2) is 37.0 Å². The molecule has 0 bridgehead atoms. The van der Waals surface area contributed by atoms with Crippen molar-refractivity contribution in [1.82, 2.24) is 24.8 Å². The Morgan fingerprint density at radius 2 is 1.73 bits per heavy atom.